The van der Waals surface area contributed by atoms with Gasteiger partial charge in [0, 0.05) is 0 Å². The van der Waals surface area contributed by atoms with Gasteiger partial charge in [0.1, 0.15) is 6.42 Å². The van der Waals surface area contributed by atoms with Crippen LogP contribution in [0.25, 0.3) is 0 Å². The second-order valence-electron chi connectivity index (χ2n) is 11.5. The van der Waals surface area contributed by atoms with E-state index < -0.39 is 24.0 Å². The Labute approximate surface area is 206 Å². The second-order valence-corrected chi connectivity index (χ2v) is 11.5. The molecule has 202 valence electrons. The lowest BCUT2D eigenvalue weighted by Gasteiger charge is -2.56. The summed E-state index contributed by atoms with van der Waals surface area (Å²) in [5, 5.41) is 0. The molecule has 0 radical (unpaired) electrons. The Morgan fingerprint density at radius 3 is 2.14 bits per heavy atom. The van der Waals surface area contributed by atoms with Crippen molar-refractivity contribution in [3.05, 3.63) is 0 Å². The molecule has 4 aliphatic carbocycles. The summed E-state index contributed by atoms with van der Waals surface area (Å²) >= 11 is 0. The molecule has 0 saturated heterocycles. The highest BCUT2D eigenvalue weighted by molar-refractivity contribution is 5.90. The van der Waals surface area contributed by atoms with Gasteiger partial charge in [0.2, 0.25) is 0 Å². The minimum atomic E-state index is -4.00. The highest BCUT2D eigenvalue weighted by Crippen LogP contribution is 2.65. The predicted molar refractivity (Wildman–Crippen MR) is 124 cm³/mol. The third-order valence-corrected chi connectivity index (χ3v) is 10.0. The molecule has 4 fully saturated rings. The van der Waals surface area contributed by atoms with Gasteiger partial charge in [-0.3, -0.25) is 14.0 Å². The molecule has 35 heavy (non-hydrogen) atoms. The van der Waals surface area contributed by atoms with Gasteiger partial charge < -0.3 is 9.47 Å². The SMILES string of the molecule is CC12CCC3C4CCC(C(F)(F)F)CC4CCC3C1CCC2CCCF.COC(=O)CC(=O)OC. The van der Waals surface area contributed by atoms with Crippen LogP contribution in [0, 0.1) is 46.8 Å². The molecule has 0 amide bonds. The van der Waals surface area contributed by atoms with Crippen molar-refractivity contribution in [2.45, 2.75) is 90.1 Å². The highest BCUT2D eigenvalue weighted by Gasteiger charge is 2.57. The Kier molecular flexibility index (Phi) is 9.52. The molecular weight excluding hydrogens is 464 g/mol. The monoisotopic (exact) mass is 506 g/mol. The van der Waals surface area contributed by atoms with Gasteiger partial charge in [-0.15, -0.1) is 0 Å². The van der Waals surface area contributed by atoms with Crippen molar-refractivity contribution >= 4 is 11.9 Å². The van der Waals surface area contributed by atoms with Gasteiger partial charge in [-0.2, -0.15) is 13.2 Å². The Bertz CT molecular complexity index is 712. The standard InChI is InChI=1S/C22H34F4.C5H8O4/c1-21-11-10-18-17-8-5-16(22(24,25)26)13-14(17)4-7-19(18)20(21)9-6-15(21)3-2-12-23;1-8-4(6)3-5(7)9-2/h14-20H,2-13H2,1H3;3H2,1-2H3. The first kappa shape index (κ1) is 28.2. The molecule has 8 unspecified atom stereocenters. The quantitative estimate of drug-likeness (QED) is 0.231. The summed E-state index contributed by atoms with van der Waals surface area (Å²) in [5.41, 5.74) is 0.367. The van der Waals surface area contributed by atoms with E-state index in [0.29, 0.717) is 48.3 Å². The van der Waals surface area contributed by atoms with Crippen LogP contribution in [0.15, 0.2) is 0 Å². The predicted octanol–water partition coefficient (Wildman–Crippen LogP) is 6.91. The summed E-state index contributed by atoms with van der Waals surface area (Å²) in [6.07, 6.45) is 6.07. The number of fused-ring (bicyclic) bond motifs is 5. The van der Waals surface area contributed by atoms with Gasteiger partial charge in [0.15, 0.2) is 0 Å². The van der Waals surface area contributed by atoms with E-state index in [1.54, 1.807) is 0 Å². The first-order valence-electron chi connectivity index (χ1n) is 13.3. The maximum absolute atomic E-state index is 13.2. The van der Waals surface area contributed by atoms with E-state index in [9.17, 15) is 27.2 Å². The van der Waals surface area contributed by atoms with Crippen LogP contribution in [0.2, 0.25) is 0 Å². The van der Waals surface area contributed by atoms with Crippen LogP contribution in [0.3, 0.4) is 0 Å². The Hall–Kier alpha value is -1.34. The first-order chi connectivity index (χ1) is 16.5. The molecule has 8 heteroatoms. The fraction of sp³-hybridized carbons (Fsp3) is 0.926. The van der Waals surface area contributed by atoms with Crippen molar-refractivity contribution in [1.82, 2.24) is 0 Å². The van der Waals surface area contributed by atoms with E-state index in [-0.39, 0.29) is 13.1 Å². The van der Waals surface area contributed by atoms with Crippen LogP contribution in [0.1, 0.15) is 84.0 Å². The second kappa shape index (κ2) is 11.8. The number of esters is 2. The minimum Gasteiger partial charge on any atom is -0.469 e. The van der Waals surface area contributed by atoms with Crippen molar-refractivity contribution in [3.63, 3.8) is 0 Å². The largest absolute Gasteiger partial charge is 0.469 e. The molecule has 4 saturated carbocycles. The third-order valence-electron chi connectivity index (χ3n) is 10.0. The zero-order chi connectivity index (χ0) is 25.8. The van der Waals surface area contributed by atoms with E-state index in [2.05, 4.69) is 16.4 Å². The van der Waals surface area contributed by atoms with Crippen LogP contribution < -0.4 is 0 Å². The average Bonchev–Trinajstić information content (AvgIpc) is 3.17. The summed E-state index contributed by atoms with van der Waals surface area (Å²) in [5.74, 6) is 1.45. The van der Waals surface area contributed by atoms with E-state index in [1.165, 1.54) is 39.9 Å². The average molecular weight is 507 g/mol. The van der Waals surface area contributed by atoms with Gasteiger partial charge in [-0.05, 0) is 112 Å². The molecule has 4 rings (SSSR count). The van der Waals surface area contributed by atoms with Crippen molar-refractivity contribution < 1.29 is 36.6 Å². The Morgan fingerprint density at radius 1 is 0.886 bits per heavy atom. The van der Waals surface area contributed by atoms with Gasteiger partial charge in [0.25, 0.3) is 0 Å². The number of carbonyl (C=O) groups excluding carboxylic acids is 2. The maximum Gasteiger partial charge on any atom is 0.391 e. The summed E-state index contributed by atoms with van der Waals surface area (Å²) in [4.78, 5) is 20.5. The van der Waals surface area contributed by atoms with Crippen molar-refractivity contribution in [2.75, 3.05) is 20.9 Å². The number of hydrogen-bond donors (Lipinski definition) is 0. The minimum absolute atomic E-state index is 0.201. The van der Waals surface area contributed by atoms with Crippen LogP contribution in [-0.4, -0.2) is 39.0 Å². The summed E-state index contributed by atoms with van der Waals surface area (Å²) in [6.45, 7) is 2.25. The third kappa shape index (κ3) is 6.33. The molecule has 0 aromatic carbocycles. The number of halogens is 4. The number of carbonyl (C=O) groups is 2. The Morgan fingerprint density at radius 2 is 1.54 bits per heavy atom. The lowest BCUT2D eigenvalue weighted by atomic mass is 9.49. The summed E-state index contributed by atoms with van der Waals surface area (Å²) < 4.78 is 60.6. The molecule has 0 bridgehead atoms. The number of alkyl halides is 4. The van der Waals surface area contributed by atoms with Gasteiger partial charge >= 0.3 is 18.1 Å². The molecule has 4 nitrogen and oxygen atoms in total. The van der Waals surface area contributed by atoms with E-state index >= 15 is 0 Å². The fourth-order valence-electron chi connectivity index (χ4n) is 8.32. The molecule has 4 aliphatic rings. The first-order valence-corrected chi connectivity index (χ1v) is 13.3. The van der Waals surface area contributed by atoms with E-state index in [1.807, 2.05) is 0 Å². The van der Waals surface area contributed by atoms with Crippen LogP contribution in [0.4, 0.5) is 17.6 Å². The van der Waals surface area contributed by atoms with Gasteiger partial charge in [0.05, 0.1) is 26.8 Å². The zero-order valence-electron chi connectivity index (χ0n) is 21.4. The topological polar surface area (TPSA) is 52.6 Å². The summed E-state index contributed by atoms with van der Waals surface area (Å²) in [6, 6.07) is 0. The lowest BCUT2D eigenvalue weighted by molar-refractivity contribution is -0.196. The smallest absolute Gasteiger partial charge is 0.391 e. The van der Waals surface area contributed by atoms with Crippen molar-refractivity contribution in [2.24, 2.45) is 46.8 Å². The molecule has 0 aliphatic heterocycles. The lowest BCUT2D eigenvalue weighted by Crippen LogP contribution is -2.49. The van der Waals surface area contributed by atoms with E-state index in [4.69, 9.17) is 0 Å². The molecule has 0 spiro atoms. The number of ether oxygens (including phenoxy) is 2. The van der Waals surface area contributed by atoms with Gasteiger partial charge in [-0.1, -0.05) is 6.92 Å². The van der Waals surface area contributed by atoms with Crippen molar-refractivity contribution in [1.29, 1.82) is 0 Å². The molecule has 0 N–H and O–H groups in total. The number of hydrogen-bond acceptors (Lipinski definition) is 4. The zero-order valence-corrected chi connectivity index (χ0v) is 21.4. The maximum atomic E-state index is 13.2. The molecule has 0 aromatic rings. The number of methoxy groups -OCH3 is 2. The molecule has 0 heterocycles. The molecule has 8 atom stereocenters. The fourth-order valence-corrected chi connectivity index (χ4v) is 8.32. The summed E-state index contributed by atoms with van der Waals surface area (Å²) in [7, 11) is 2.43. The highest BCUT2D eigenvalue weighted by atomic mass is 19.4. The van der Waals surface area contributed by atoms with Gasteiger partial charge in [-0.25, -0.2) is 0 Å². The van der Waals surface area contributed by atoms with Crippen molar-refractivity contribution in [3.8, 4) is 0 Å². The molecule has 0 aromatic heterocycles. The van der Waals surface area contributed by atoms with Crippen LogP contribution >= 0.6 is 0 Å². The van der Waals surface area contributed by atoms with Crippen LogP contribution in [0.5, 0.6) is 0 Å². The van der Waals surface area contributed by atoms with Crippen LogP contribution in [-0.2, 0) is 19.1 Å². The molecular formula is C27H42F4O4. The normalized spacial score (nSPS) is 38.2. The number of rotatable bonds is 5. The van der Waals surface area contributed by atoms with E-state index in [0.717, 1.165) is 37.5 Å². The Balaban J connectivity index is 0.000000327.